The van der Waals surface area contributed by atoms with Crippen molar-refractivity contribution < 1.29 is 9.90 Å². The first kappa shape index (κ1) is 17.1. The Hall–Kier alpha value is -0.960. The van der Waals surface area contributed by atoms with E-state index in [1.54, 1.807) is 16.7 Å². The van der Waals surface area contributed by atoms with Crippen LogP contribution >= 0.6 is 23.1 Å². The zero-order valence-electron chi connectivity index (χ0n) is 12.2. The molecule has 1 N–H and O–H groups in total. The maximum atomic E-state index is 12.5. The van der Waals surface area contributed by atoms with E-state index < -0.39 is 0 Å². The van der Waals surface area contributed by atoms with Crippen molar-refractivity contribution >= 4 is 29.0 Å². The summed E-state index contributed by atoms with van der Waals surface area (Å²) in [6, 6.07) is 2.08. The average Bonchev–Trinajstić information content (AvgIpc) is 2.91. The van der Waals surface area contributed by atoms with E-state index in [1.165, 1.54) is 11.3 Å². The van der Waals surface area contributed by atoms with Crippen molar-refractivity contribution in [3.05, 3.63) is 21.9 Å². The van der Waals surface area contributed by atoms with E-state index in [9.17, 15) is 4.79 Å². The lowest BCUT2D eigenvalue weighted by Gasteiger charge is -2.24. The fourth-order valence-corrected chi connectivity index (χ4v) is 3.04. The normalized spacial score (nSPS) is 11.6. The van der Waals surface area contributed by atoms with Gasteiger partial charge >= 0.3 is 0 Å². The Bertz CT molecular complexity index is 488. The lowest BCUT2D eigenvalue weighted by Crippen LogP contribution is -2.35. The van der Waals surface area contributed by atoms with Gasteiger partial charge in [-0.15, -0.1) is 11.3 Å². The molecular formula is C15H21NO2S2. The van der Waals surface area contributed by atoms with E-state index in [0.717, 1.165) is 17.7 Å². The van der Waals surface area contributed by atoms with Crippen molar-refractivity contribution in [2.75, 3.05) is 25.7 Å². The van der Waals surface area contributed by atoms with Crippen LogP contribution in [0.2, 0.25) is 0 Å². The summed E-state index contributed by atoms with van der Waals surface area (Å²) in [6.07, 6.45) is 3.49. The first-order chi connectivity index (χ1) is 9.61. The minimum Gasteiger partial charge on any atom is -0.395 e. The van der Waals surface area contributed by atoms with E-state index in [2.05, 4.69) is 25.0 Å². The Labute approximate surface area is 129 Å². The van der Waals surface area contributed by atoms with Crippen LogP contribution in [0.15, 0.2) is 11.4 Å². The van der Waals surface area contributed by atoms with E-state index in [-0.39, 0.29) is 18.6 Å². The van der Waals surface area contributed by atoms with Crippen molar-refractivity contribution in [2.24, 2.45) is 0 Å². The van der Waals surface area contributed by atoms with Gasteiger partial charge in [0.2, 0.25) is 0 Å². The summed E-state index contributed by atoms with van der Waals surface area (Å²) in [5, 5.41) is 10.6. The highest BCUT2D eigenvalue weighted by molar-refractivity contribution is 7.98. The molecule has 110 valence electrons. The predicted octanol–water partition coefficient (Wildman–Crippen LogP) is 2.70. The summed E-state index contributed by atoms with van der Waals surface area (Å²) < 4.78 is 0. The van der Waals surface area contributed by atoms with Gasteiger partial charge < -0.3 is 10.0 Å². The molecule has 0 saturated carbocycles. The molecule has 0 spiro atoms. The number of nitrogens with zero attached hydrogens (tertiary/aromatic N) is 1. The average molecular weight is 311 g/mol. The van der Waals surface area contributed by atoms with Crippen LogP contribution in [0.25, 0.3) is 0 Å². The number of carbonyl (C=O) groups is 1. The Kier molecular flexibility index (Phi) is 7.75. The van der Waals surface area contributed by atoms with Gasteiger partial charge in [0.15, 0.2) is 0 Å². The van der Waals surface area contributed by atoms with E-state index in [0.29, 0.717) is 11.3 Å². The summed E-state index contributed by atoms with van der Waals surface area (Å²) in [4.78, 5) is 15.0. The molecule has 3 nitrogen and oxygen atoms in total. The smallest absolute Gasteiger partial charge is 0.265 e. The highest BCUT2D eigenvalue weighted by atomic mass is 32.2. The van der Waals surface area contributed by atoms with E-state index >= 15 is 0 Å². The maximum Gasteiger partial charge on any atom is 0.265 e. The van der Waals surface area contributed by atoms with Crippen LogP contribution in [0.3, 0.4) is 0 Å². The van der Waals surface area contributed by atoms with Crippen LogP contribution in [0.1, 0.15) is 35.0 Å². The molecule has 1 aromatic heterocycles. The van der Waals surface area contributed by atoms with Gasteiger partial charge in [-0.2, -0.15) is 11.8 Å². The van der Waals surface area contributed by atoms with Crippen LogP contribution in [-0.4, -0.2) is 47.6 Å². The molecule has 1 unspecified atom stereocenters. The van der Waals surface area contributed by atoms with Crippen LogP contribution < -0.4 is 0 Å². The van der Waals surface area contributed by atoms with Gasteiger partial charge in [0.25, 0.3) is 5.91 Å². The number of rotatable bonds is 6. The Morgan fingerprint density at radius 2 is 2.35 bits per heavy atom. The Morgan fingerprint density at radius 1 is 1.60 bits per heavy atom. The van der Waals surface area contributed by atoms with Crippen molar-refractivity contribution in [3.63, 3.8) is 0 Å². The molecule has 1 aromatic rings. The molecule has 20 heavy (non-hydrogen) atoms. The zero-order valence-corrected chi connectivity index (χ0v) is 13.8. The summed E-state index contributed by atoms with van der Waals surface area (Å²) >= 11 is 3.22. The van der Waals surface area contributed by atoms with Crippen molar-refractivity contribution in [1.29, 1.82) is 0 Å². The second kappa shape index (κ2) is 9.06. The monoisotopic (exact) mass is 311 g/mol. The fourth-order valence-electron chi connectivity index (χ4n) is 1.63. The summed E-state index contributed by atoms with van der Waals surface area (Å²) in [5.74, 6) is 6.91. The summed E-state index contributed by atoms with van der Waals surface area (Å²) in [6.45, 7) is 2.12. The van der Waals surface area contributed by atoms with Crippen molar-refractivity contribution in [2.45, 2.75) is 25.8 Å². The molecule has 0 aliphatic rings. The number of aliphatic hydroxyl groups excluding tert-OH is 1. The number of amides is 1. The highest BCUT2D eigenvalue weighted by Gasteiger charge is 2.20. The van der Waals surface area contributed by atoms with Gasteiger partial charge in [-0.3, -0.25) is 4.79 Å². The number of thioether (sulfide) groups is 1. The quantitative estimate of drug-likeness (QED) is 0.821. The van der Waals surface area contributed by atoms with Gasteiger partial charge in [0, 0.05) is 25.1 Å². The molecule has 0 aliphatic heterocycles. The molecule has 1 heterocycles. The maximum absolute atomic E-state index is 12.5. The largest absolute Gasteiger partial charge is 0.395 e. The summed E-state index contributed by atoms with van der Waals surface area (Å²) in [7, 11) is 1.85. The molecule has 0 aromatic carbocycles. The second-order valence-corrected chi connectivity index (χ2v) is 6.39. The van der Waals surface area contributed by atoms with Crippen LogP contribution in [0.5, 0.6) is 0 Å². The minimum absolute atomic E-state index is 0.0295. The number of hydrogen-bond acceptors (Lipinski definition) is 4. The Balaban J connectivity index is 2.77. The van der Waals surface area contributed by atoms with Crippen LogP contribution in [0, 0.1) is 11.8 Å². The first-order valence-corrected chi connectivity index (χ1v) is 8.82. The molecular weight excluding hydrogens is 290 g/mol. The number of carbonyl (C=O) groups excluding carboxylic acids is 1. The molecule has 0 fully saturated rings. The zero-order chi connectivity index (χ0) is 15.0. The molecule has 0 bridgehead atoms. The first-order valence-electron chi connectivity index (χ1n) is 6.55. The molecule has 1 atom stereocenters. The SMILES string of the molecule is CSCCC(C)N(C)C(=O)c1sccc1C#CCCO. The van der Waals surface area contributed by atoms with Gasteiger partial charge in [-0.05, 0) is 36.8 Å². The van der Waals surface area contributed by atoms with Crippen LogP contribution in [0.4, 0.5) is 0 Å². The number of hydrogen-bond donors (Lipinski definition) is 1. The van der Waals surface area contributed by atoms with E-state index in [1.807, 2.05) is 18.5 Å². The molecule has 1 amide bonds. The second-order valence-electron chi connectivity index (χ2n) is 4.49. The third kappa shape index (κ3) is 4.86. The topological polar surface area (TPSA) is 40.5 Å². The van der Waals surface area contributed by atoms with Crippen LogP contribution in [-0.2, 0) is 0 Å². The highest BCUT2D eigenvalue weighted by Crippen LogP contribution is 2.19. The third-order valence-corrected chi connectivity index (χ3v) is 4.59. The van der Waals surface area contributed by atoms with Gasteiger partial charge in [-0.1, -0.05) is 11.8 Å². The van der Waals surface area contributed by atoms with Gasteiger partial charge in [-0.25, -0.2) is 0 Å². The lowest BCUT2D eigenvalue weighted by molar-refractivity contribution is 0.0746. The van der Waals surface area contributed by atoms with Crippen molar-refractivity contribution in [3.8, 4) is 11.8 Å². The Morgan fingerprint density at radius 3 is 3.00 bits per heavy atom. The summed E-state index contributed by atoms with van der Waals surface area (Å²) in [5.41, 5.74) is 0.761. The predicted molar refractivity (Wildman–Crippen MR) is 87.5 cm³/mol. The van der Waals surface area contributed by atoms with Gasteiger partial charge in [0.05, 0.1) is 6.61 Å². The number of thiophene rings is 1. The third-order valence-electron chi connectivity index (χ3n) is 3.04. The molecule has 5 heteroatoms. The molecule has 1 rings (SSSR count). The number of aliphatic hydroxyl groups is 1. The molecule has 0 aliphatic carbocycles. The molecule has 0 saturated heterocycles. The van der Waals surface area contributed by atoms with Crippen molar-refractivity contribution in [1.82, 2.24) is 4.90 Å². The standard InChI is InChI=1S/C15H21NO2S2/c1-12(7-10-19-3)16(2)15(18)14-13(8-11-20-14)6-4-5-9-17/h8,11-12,17H,5,7,9-10H2,1-3H3. The van der Waals surface area contributed by atoms with E-state index in [4.69, 9.17) is 5.11 Å². The molecule has 0 radical (unpaired) electrons. The minimum atomic E-state index is 0.0295. The lowest BCUT2D eigenvalue weighted by atomic mass is 10.2. The van der Waals surface area contributed by atoms with Gasteiger partial charge in [0.1, 0.15) is 4.88 Å². The fraction of sp³-hybridized carbons (Fsp3) is 0.533.